The maximum Gasteiger partial charge on any atom is 0.241 e. The Morgan fingerprint density at radius 3 is 2.72 bits per heavy atom. The van der Waals surface area contributed by atoms with Gasteiger partial charge in [-0.05, 0) is 67.8 Å². The van der Waals surface area contributed by atoms with Gasteiger partial charge >= 0.3 is 0 Å². The van der Waals surface area contributed by atoms with Gasteiger partial charge in [0.2, 0.25) is 5.95 Å². The lowest BCUT2D eigenvalue weighted by Gasteiger charge is -2.32. The first-order valence-corrected chi connectivity index (χ1v) is 12.3. The molecule has 0 unspecified atom stereocenters. The molecule has 0 atom stereocenters. The smallest absolute Gasteiger partial charge is 0.241 e. The lowest BCUT2D eigenvalue weighted by molar-refractivity contribution is 0.157. The second-order valence-corrected chi connectivity index (χ2v) is 8.75. The molecule has 1 fully saturated rings. The van der Waals surface area contributed by atoms with Crippen LogP contribution in [0.3, 0.4) is 0 Å². The molecule has 1 aliphatic heterocycles. The number of hydrogen-bond acceptors (Lipinski definition) is 7. The summed E-state index contributed by atoms with van der Waals surface area (Å²) in [5, 5.41) is 17.2. The van der Waals surface area contributed by atoms with Crippen LogP contribution in [-0.4, -0.2) is 71.6 Å². The third-order valence-electron chi connectivity index (χ3n) is 6.58. The van der Waals surface area contributed by atoms with Crippen molar-refractivity contribution in [2.24, 2.45) is 5.92 Å². The van der Waals surface area contributed by atoms with E-state index >= 15 is 0 Å². The molecule has 8 nitrogen and oxygen atoms in total. The van der Waals surface area contributed by atoms with Gasteiger partial charge in [-0.25, -0.2) is 9.50 Å². The molecule has 3 aromatic rings. The van der Waals surface area contributed by atoms with Crippen molar-refractivity contribution in [2.75, 3.05) is 52.3 Å². The van der Waals surface area contributed by atoms with E-state index in [2.05, 4.69) is 33.9 Å². The fourth-order valence-electron chi connectivity index (χ4n) is 4.65. The number of β-amino-alcohol motifs (C(OH)–C–C–N with tert-alkyl or cyclic N) is 1. The van der Waals surface area contributed by atoms with Crippen LogP contribution in [0.4, 0.5) is 5.95 Å². The second kappa shape index (κ2) is 12.4. The van der Waals surface area contributed by atoms with Gasteiger partial charge < -0.3 is 24.8 Å². The van der Waals surface area contributed by atoms with Crippen LogP contribution >= 0.6 is 0 Å². The number of ether oxygens (including phenoxy) is 2. The number of fused-ring (bicyclic) bond motifs is 1. The maximum atomic E-state index is 9.21. The monoisotopic (exact) mass is 489 g/mol. The predicted molar refractivity (Wildman–Crippen MR) is 143 cm³/mol. The van der Waals surface area contributed by atoms with Crippen molar-refractivity contribution in [1.29, 1.82) is 0 Å². The number of aliphatic hydroxyl groups excluding tert-OH is 1. The molecule has 1 aromatic carbocycles. The Kier molecular flexibility index (Phi) is 8.76. The summed E-state index contributed by atoms with van der Waals surface area (Å²) < 4.78 is 13.1. The molecule has 190 valence electrons. The third-order valence-corrected chi connectivity index (χ3v) is 6.58. The number of benzene rings is 1. The van der Waals surface area contributed by atoms with Crippen molar-refractivity contribution in [3.05, 3.63) is 78.7 Å². The number of anilines is 1. The van der Waals surface area contributed by atoms with E-state index in [4.69, 9.17) is 14.6 Å². The van der Waals surface area contributed by atoms with Gasteiger partial charge in [0.25, 0.3) is 0 Å². The fraction of sp³-hybridized carbons (Fsp3) is 0.357. The standard InChI is InChI=1S/C28H35N5O3/c1-4-7-22(21-12-14-32(15-13-21)16-17-34)18-24(35-2)20-30-28-29-19-23-10-11-26(33(23)31-28)25-8-5-6-9-27(25)36-3/h4-11,18-19,21,34H,1,12-17,20H2,2-3H3,(H,30,31)/b22-7+,24-18+. The van der Waals surface area contributed by atoms with Crippen LogP contribution in [0.25, 0.3) is 16.8 Å². The number of allylic oxidation sites excluding steroid dienone is 4. The first-order valence-electron chi connectivity index (χ1n) is 12.3. The van der Waals surface area contributed by atoms with Crippen LogP contribution in [0.5, 0.6) is 5.75 Å². The van der Waals surface area contributed by atoms with Crippen molar-refractivity contribution in [1.82, 2.24) is 19.5 Å². The Balaban J connectivity index is 1.49. The summed E-state index contributed by atoms with van der Waals surface area (Å²) in [5.41, 5.74) is 3.99. The lowest BCUT2D eigenvalue weighted by Crippen LogP contribution is -2.36. The highest BCUT2D eigenvalue weighted by Crippen LogP contribution is 2.31. The van der Waals surface area contributed by atoms with E-state index in [0.717, 1.165) is 60.8 Å². The van der Waals surface area contributed by atoms with Crippen molar-refractivity contribution >= 4 is 11.5 Å². The zero-order valence-electron chi connectivity index (χ0n) is 21.1. The molecule has 8 heteroatoms. The maximum absolute atomic E-state index is 9.21. The van der Waals surface area contributed by atoms with E-state index < -0.39 is 0 Å². The Bertz CT molecular complexity index is 1220. The van der Waals surface area contributed by atoms with Crippen LogP contribution in [0.1, 0.15) is 12.8 Å². The molecule has 1 aliphatic rings. The largest absolute Gasteiger partial charge is 0.499 e. The average Bonchev–Trinajstić information content (AvgIpc) is 3.34. The minimum atomic E-state index is 0.205. The van der Waals surface area contributed by atoms with Crippen LogP contribution in [0, 0.1) is 5.92 Å². The minimum Gasteiger partial charge on any atom is -0.499 e. The highest BCUT2D eigenvalue weighted by atomic mass is 16.5. The van der Waals surface area contributed by atoms with E-state index in [-0.39, 0.29) is 6.61 Å². The summed E-state index contributed by atoms with van der Waals surface area (Å²) in [5.74, 6) is 2.52. The van der Waals surface area contributed by atoms with Gasteiger partial charge in [-0.1, -0.05) is 30.9 Å². The number of aromatic nitrogens is 3. The molecule has 2 N–H and O–H groups in total. The molecule has 1 saturated heterocycles. The van der Waals surface area contributed by atoms with Crippen molar-refractivity contribution in [3.63, 3.8) is 0 Å². The van der Waals surface area contributed by atoms with Gasteiger partial charge in [-0.15, -0.1) is 5.10 Å². The van der Waals surface area contributed by atoms with Crippen LogP contribution in [-0.2, 0) is 4.74 Å². The molecule has 0 aliphatic carbocycles. The summed E-state index contributed by atoms with van der Waals surface area (Å²) >= 11 is 0. The third kappa shape index (κ3) is 5.95. The number of para-hydroxylation sites is 1. The molecule has 0 amide bonds. The average molecular weight is 490 g/mol. The van der Waals surface area contributed by atoms with Crippen LogP contribution < -0.4 is 10.1 Å². The van der Waals surface area contributed by atoms with Crippen molar-refractivity contribution in [2.45, 2.75) is 12.8 Å². The predicted octanol–water partition coefficient (Wildman–Crippen LogP) is 4.16. The Morgan fingerprint density at radius 2 is 2.00 bits per heavy atom. The Labute approximate surface area is 212 Å². The number of rotatable bonds is 11. The van der Waals surface area contributed by atoms with Crippen molar-refractivity contribution < 1.29 is 14.6 Å². The molecule has 2 aromatic heterocycles. The van der Waals surface area contributed by atoms with E-state index in [1.807, 2.05) is 47.0 Å². The number of nitrogens with zero attached hydrogens (tertiary/aromatic N) is 4. The number of hydrogen-bond donors (Lipinski definition) is 2. The Hall–Kier alpha value is -3.62. The molecule has 4 rings (SSSR count). The fourth-order valence-corrected chi connectivity index (χ4v) is 4.65. The zero-order valence-corrected chi connectivity index (χ0v) is 21.1. The summed E-state index contributed by atoms with van der Waals surface area (Å²) in [4.78, 5) is 6.78. The SMILES string of the molecule is C=C/C=C(\C=C(/CNc1ncc2ccc(-c3ccccc3OC)n2n1)OC)C1CCN(CCO)CC1. The summed E-state index contributed by atoms with van der Waals surface area (Å²) in [6.07, 6.45) is 9.87. The molecular formula is C28H35N5O3. The molecule has 0 saturated carbocycles. The molecular weight excluding hydrogens is 454 g/mol. The highest BCUT2D eigenvalue weighted by molar-refractivity contribution is 5.71. The molecule has 0 bridgehead atoms. The van der Waals surface area contributed by atoms with E-state index in [0.29, 0.717) is 18.4 Å². The van der Waals surface area contributed by atoms with Gasteiger partial charge in [0.1, 0.15) is 11.5 Å². The number of aliphatic hydroxyl groups is 1. The minimum absolute atomic E-state index is 0.205. The zero-order chi connectivity index (χ0) is 25.3. The highest BCUT2D eigenvalue weighted by Gasteiger charge is 2.21. The first-order chi connectivity index (χ1) is 17.7. The van der Waals surface area contributed by atoms with Crippen LogP contribution in [0.15, 0.2) is 78.7 Å². The number of piperidine rings is 1. The quantitative estimate of drug-likeness (QED) is 0.309. The number of nitrogens with one attached hydrogen (secondary N) is 1. The number of methoxy groups -OCH3 is 2. The number of likely N-dealkylation sites (tertiary alicyclic amines) is 1. The van der Waals surface area contributed by atoms with E-state index in [1.165, 1.54) is 5.57 Å². The molecule has 36 heavy (non-hydrogen) atoms. The van der Waals surface area contributed by atoms with Gasteiger partial charge in [0.15, 0.2) is 0 Å². The Morgan fingerprint density at radius 1 is 1.19 bits per heavy atom. The molecule has 3 heterocycles. The summed E-state index contributed by atoms with van der Waals surface area (Å²) in [7, 11) is 3.35. The topological polar surface area (TPSA) is 84.2 Å². The van der Waals surface area contributed by atoms with Gasteiger partial charge in [0.05, 0.1) is 44.8 Å². The van der Waals surface area contributed by atoms with Gasteiger partial charge in [-0.3, -0.25) is 0 Å². The van der Waals surface area contributed by atoms with E-state index in [9.17, 15) is 5.11 Å². The van der Waals surface area contributed by atoms with Crippen molar-refractivity contribution in [3.8, 4) is 17.0 Å². The van der Waals surface area contributed by atoms with Gasteiger partial charge in [0, 0.05) is 12.1 Å². The second-order valence-electron chi connectivity index (χ2n) is 8.75. The summed E-state index contributed by atoms with van der Waals surface area (Å²) in [6.45, 7) is 7.25. The molecule has 0 radical (unpaired) electrons. The first kappa shape index (κ1) is 25.5. The normalized spacial score (nSPS) is 15.8. The summed E-state index contributed by atoms with van der Waals surface area (Å²) in [6, 6.07) is 11.9. The van der Waals surface area contributed by atoms with Crippen LogP contribution in [0.2, 0.25) is 0 Å². The lowest BCUT2D eigenvalue weighted by atomic mass is 9.88. The van der Waals surface area contributed by atoms with E-state index in [1.54, 1.807) is 20.4 Å². The van der Waals surface area contributed by atoms with Gasteiger partial charge in [-0.2, -0.15) is 0 Å². The molecule has 0 spiro atoms.